The highest BCUT2D eigenvalue weighted by atomic mass is 79.9. The number of halogens is 2. The molecule has 2 rings (SSSR count). The molecule has 2 nitrogen and oxygen atoms in total. The van der Waals surface area contributed by atoms with Crippen molar-refractivity contribution in [3.63, 3.8) is 0 Å². The van der Waals surface area contributed by atoms with Crippen LogP contribution >= 0.6 is 27.5 Å². The molecule has 1 aromatic rings. The molecule has 19 heavy (non-hydrogen) atoms. The Bertz CT molecular complexity index is 417. The Labute approximate surface area is 130 Å². The van der Waals surface area contributed by atoms with Crippen LogP contribution in [0.2, 0.25) is 5.02 Å². The fourth-order valence-electron chi connectivity index (χ4n) is 3.03. The van der Waals surface area contributed by atoms with Crippen LogP contribution in [0.25, 0.3) is 0 Å². The van der Waals surface area contributed by atoms with E-state index in [2.05, 4.69) is 39.6 Å². The summed E-state index contributed by atoms with van der Waals surface area (Å²) >= 11 is 10.4. The molecule has 1 fully saturated rings. The lowest BCUT2D eigenvalue weighted by atomic mass is 9.94. The van der Waals surface area contributed by atoms with Crippen molar-refractivity contribution in [1.82, 2.24) is 9.78 Å². The van der Waals surface area contributed by atoms with Gasteiger partial charge in [0, 0.05) is 11.4 Å². The Morgan fingerprint density at radius 3 is 2.68 bits per heavy atom. The summed E-state index contributed by atoms with van der Waals surface area (Å²) in [5, 5.41) is 5.54. The Kier molecular flexibility index (Phi) is 5.76. The highest BCUT2D eigenvalue weighted by molar-refractivity contribution is 9.09. The van der Waals surface area contributed by atoms with Crippen LogP contribution in [0, 0.1) is 5.92 Å². The molecule has 2 atom stereocenters. The number of hydrogen-bond acceptors (Lipinski definition) is 1. The van der Waals surface area contributed by atoms with E-state index in [1.165, 1.54) is 37.8 Å². The largest absolute Gasteiger partial charge is 0.268 e. The van der Waals surface area contributed by atoms with E-state index in [0.29, 0.717) is 10.7 Å². The maximum Gasteiger partial charge on any atom is 0.0849 e. The SMILES string of the molecule is CCc1nn(CC)c(CC2CCCCCC2Br)c1Cl. The predicted molar refractivity (Wildman–Crippen MR) is 85.3 cm³/mol. The van der Waals surface area contributed by atoms with E-state index in [1.807, 2.05) is 0 Å². The molecule has 108 valence electrons. The fourth-order valence-corrected chi connectivity index (χ4v) is 4.15. The van der Waals surface area contributed by atoms with Gasteiger partial charge in [0.1, 0.15) is 0 Å². The first-order chi connectivity index (χ1) is 9.17. The summed E-state index contributed by atoms with van der Waals surface area (Å²) in [6, 6.07) is 0. The zero-order chi connectivity index (χ0) is 13.8. The van der Waals surface area contributed by atoms with Gasteiger partial charge in [0.2, 0.25) is 0 Å². The van der Waals surface area contributed by atoms with Crippen LogP contribution in [-0.4, -0.2) is 14.6 Å². The van der Waals surface area contributed by atoms with Gasteiger partial charge in [-0.1, -0.05) is 53.7 Å². The molecule has 0 aromatic carbocycles. The first-order valence-electron chi connectivity index (χ1n) is 7.55. The summed E-state index contributed by atoms with van der Waals surface area (Å²) in [6.45, 7) is 5.18. The van der Waals surface area contributed by atoms with Crippen LogP contribution in [0.15, 0.2) is 0 Å². The average molecular weight is 348 g/mol. The standard InChI is InChI=1S/C15H24BrClN2/c1-3-13-15(17)14(19(4-2)18-13)10-11-8-6-5-7-9-12(11)16/h11-12H,3-10H2,1-2H3. The second-order valence-corrected chi connectivity index (χ2v) is 7.05. The van der Waals surface area contributed by atoms with Crippen molar-refractivity contribution in [2.24, 2.45) is 5.92 Å². The number of rotatable bonds is 4. The molecular weight excluding hydrogens is 324 g/mol. The minimum absolute atomic E-state index is 0.636. The predicted octanol–water partition coefficient (Wildman–Crippen LogP) is 5.01. The Morgan fingerprint density at radius 1 is 1.26 bits per heavy atom. The van der Waals surface area contributed by atoms with Crippen LogP contribution in [0.5, 0.6) is 0 Å². The zero-order valence-corrected chi connectivity index (χ0v) is 14.3. The molecule has 1 heterocycles. The van der Waals surface area contributed by atoms with Gasteiger partial charge in [0.25, 0.3) is 0 Å². The number of nitrogens with zero attached hydrogens (tertiary/aromatic N) is 2. The van der Waals surface area contributed by atoms with E-state index in [9.17, 15) is 0 Å². The molecule has 0 amide bonds. The van der Waals surface area contributed by atoms with Gasteiger partial charge < -0.3 is 0 Å². The third-order valence-electron chi connectivity index (χ3n) is 4.22. The van der Waals surface area contributed by atoms with Gasteiger partial charge >= 0.3 is 0 Å². The monoisotopic (exact) mass is 346 g/mol. The Balaban J connectivity index is 2.19. The molecule has 2 unspecified atom stereocenters. The van der Waals surface area contributed by atoms with E-state index in [0.717, 1.165) is 30.1 Å². The van der Waals surface area contributed by atoms with E-state index in [4.69, 9.17) is 11.6 Å². The van der Waals surface area contributed by atoms with Crippen LogP contribution < -0.4 is 0 Å². The Hall–Kier alpha value is -0.0200. The molecular formula is C15H24BrClN2. The summed E-state index contributed by atoms with van der Waals surface area (Å²) in [5.74, 6) is 0.701. The highest BCUT2D eigenvalue weighted by Gasteiger charge is 2.25. The van der Waals surface area contributed by atoms with Crippen molar-refractivity contribution >= 4 is 27.5 Å². The lowest BCUT2D eigenvalue weighted by molar-refractivity contribution is 0.454. The molecule has 1 aliphatic rings. The van der Waals surface area contributed by atoms with Crippen LogP contribution in [0.3, 0.4) is 0 Å². The van der Waals surface area contributed by atoms with E-state index >= 15 is 0 Å². The van der Waals surface area contributed by atoms with Crippen molar-refractivity contribution in [3.8, 4) is 0 Å². The summed E-state index contributed by atoms with van der Waals surface area (Å²) in [6.07, 6.45) is 8.67. The van der Waals surface area contributed by atoms with Gasteiger partial charge in [-0.25, -0.2) is 0 Å². The van der Waals surface area contributed by atoms with Crippen molar-refractivity contribution in [2.75, 3.05) is 0 Å². The molecule has 4 heteroatoms. The number of aromatic nitrogens is 2. The second-order valence-electron chi connectivity index (χ2n) is 5.49. The van der Waals surface area contributed by atoms with Gasteiger partial charge in [0.15, 0.2) is 0 Å². The van der Waals surface area contributed by atoms with Crippen LogP contribution in [0.4, 0.5) is 0 Å². The maximum atomic E-state index is 6.52. The first-order valence-corrected chi connectivity index (χ1v) is 8.84. The summed E-state index contributed by atoms with van der Waals surface area (Å²) in [4.78, 5) is 0.636. The van der Waals surface area contributed by atoms with Crippen molar-refractivity contribution < 1.29 is 0 Å². The zero-order valence-electron chi connectivity index (χ0n) is 12.0. The van der Waals surface area contributed by atoms with Crippen LogP contribution in [0.1, 0.15) is 57.3 Å². The van der Waals surface area contributed by atoms with Crippen molar-refractivity contribution in [3.05, 3.63) is 16.4 Å². The van der Waals surface area contributed by atoms with Crippen molar-refractivity contribution in [2.45, 2.75) is 70.2 Å². The van der Waals surface area contributed by atoms with Gasteiger partial charge in [-0.05, 0) is 38.5 Å². The molecule has 1 saturated carbocycles. The molecule has 0 N–H and O–H groups in total. The summed E-state index contributed by atoms with van der Waals surface area (Å²) in [5.41, 5.74) is 2.30. The highest BCUT2D eigenvalue weighted by Crippen LogP contribution is 2.33. The van der Waals surface area contributed by atoms with Gasteiger partial charge in [-0.15, -0.1) is 0 Å². The number of aryl methyl sites for hydroxylation is 2. The third-order valence-corrected chi connectivity index (χ3v) is 5.86. The molecule has 0 aliphatic heterocycles. The molecule has 1 aliphatic carbocycles. The minimum Gasteiger partial charge on any atom is -0.268 e. The molecule has 0 saturated heterocycles. The molecule has 1 aromatic heterocycles. The van der Waals surface area contributed by atoms with E-state index in [-0.39, 0.29) is 0 Å². The summed E-state index contributed by atoms with van der Waals surface area (Å²) in [7, 11) is 0. The van der Waals surface area contributed by atoms with E-state index in [1.54, 1.807) is 0 Å². The fraction of sp³-hybridized carbons (Fsp3) is 0.800. The van der Waals surface area contributed by atoms with Gasteiger partial charge in [-0.2, -0.15) is 5.10 Å². The third kappa shape index (κ3) is 3.55. The topological polar surface area (TPSA) is 17.8 Å². The molecule has 0 spiro atoms. The number of hydrogen-bond donors (Lipinski definition) is 0. The number of alkyl halides is 1. The lowest BCUT2D eigenvalue weighted by Gasteiger charge is -2.20. The minimum atomic E-state index is 0.636. The second kappa shape index (κ2) is 7.12. The van der Waals surface area contributed by atoms with Gasteiger partial charge in [-0.3, -0.25) is 4.68 Å². The quantitative estimate of drug-likeness (QED) is 0.553. The maximum absolute atomic E-state index is 6.52. The smallest absolute Gasteiger partial charge is 0.0849 e. The molecule has 0 bridgehead atoms. The average Bonchev–Trinajstić information content (AvgIpc) is 2.57. The van der Waals surface area contributed by atoms with E-state index < -0.39 is 0 Å². The normalized spacial score (nSPS) is 24.4. The van der Waals surface area contributed by atoms with Gasteiger partial charge in [0.05, 0.1) is 16.4 Å². The van der Waals surface area contributed by atoms with Crippen molar-refractivity contribution in [1.29, 1.82) is 0 Å². The summed E-state index contributed by atoms with van der Waals surface area (Å²) < 4.78 is 2.10. The first kappa shape index (κ1) is 15.4. The molecule has 0 radical (unpaired) electrons. The lowest BCUT2D eigenvalue weighted by Crippen LogP contribution is -2.18. The van der Waals surface area contributed by atoms with Crippen LogP contribution in [-0.2, 0) is 19.4 Å². The Morgan fingerprint density at radius 2 is 2.00 bits per heavy atom.